The molecule has 1 rings (SSSR count). The average Bonchev–Trinajstić information content (AvgIpc) is 2.55. The van der Waals surface area contributed by atoms with Crippen LogP contribution in [-0.2, 0) is 25.8 Å². The van der Waals surface area contributed by atoms with Crippen LogP contribution >= 0.6 is 0 Å². The van der Waals surface area contributed by atoms with Crippen molar-refractivity contribution in [1.82, 2.24) is 0 Å². The molecule has 0 aliphatic carbocycles. The van der Waals surface area contributed by atoms with E-state index in [9.17, 15) is 0 Å². The van der Waals surface area contributed by atoms with Crippen LogP contribution < -0.4 is 0 Å². The van der Waals surface area contributed by atoms with Crippen LogP contribution in [0.5, 0.6) is 0 Å². The minimum atomic E-state index is 0. The fraction of sp³-hybridized carbons (Fsp3) is 0.727. The zero-order chi connectivity index (χ0) is 8.41. The molecule has 0 N–H and O–H groups in total. The summed E-state index contributed by atoms with van der Waals surface area (Å²) in [7, 11) is 0. The van der Waals surface area contributed by atoms with E-state index in [1.807, 2.05) is 13.8 Å². The van der Waals surface area contributed by atoms with Crippen LogP contribution in [0, 0.1) is 6.61 Å². The second-order valence-corrected chi connectivity index (χ2v) is 2.09. The van der Waals surface area contributed by atoms with Gasteiger partial charge in [0.2, 0.25) is 0 Å². The summed E-state index contributed by atoms with van der Waals surface area (Å²) in [6.45, 7) is 13.3. The van der Waals surface area contributed by atoms with Gasteiger partial charge < -0.3 is 4.74 Å². The molecule has 84 valence electrons. The Bertz CT molecular complexity index is 61.1. The van der Waals surface area contributed by atoms with Crippen LogP contribution in [0.4, 0.5) is 0 Å². The molecule has 1 atom stereocenters. The molecule has 0 spiro atoms. The maximum Gasteiger partial charge on any atom is 0 e. The van der Waals surface area contributed by atoms with Gasteiger partial charge in [0.1, 0.15) is 0 Å². The first-order valence-electron chi connectivity index (χ1n) is 3.78. The topological polar surface area (TPSA) is 12.5 Å². The van der Waals surface area contributed by atoms with Gasteiger partial charge in [0, 0.05) is 21.1 Å². The molecule has 1 aliphatic rings. The number of ether oxygens (including phenoxy) is 1. The van der Waals surface area contributed by atoms with Gasteiger partial charge in [0.25, 0.3) is 0 Å². The normalized spacial score (nSPS) is 14.6. The molecule has 13 heavy (non-hydrogen) atoms. The third kappa shape index (κ3) is 116. The van der Waals surface area contributed by atoms with Crippen molar-refractivity contribution in [3.8, 4) is 0 Å². The number of epoxide rings is 1. The summed E-state index contributed by atoms with van der Waals surface area (Å²) in [6.07, 6.45) is 3.46. The molecule has 0 aromatic rings. The Morgan fingerprint density at radius 3 is 1.46 bits per heavy atom. The molecule has 1 fully saturated rings. The molecule has 1 aliphatic heterocycles. The van der Waals surface area contributed by atoms with Crippen LogP contribution in [0.3, 0.4) is 0 Å². The van der Waals surface area contributed by atoms with Crippen molar-refractivity contribution in [2.24, 2.45) is 0 Å². The van der Waals surface area contributed by atoms with Crippen molar-refractivity contribution in [1.29, 1.82) is 0 Å². The van der Waals surface area contributed by atoms with Crippen molar-refractivity contribution >= 4 is 0 Å². The number of rotatable bonds is 0. The Morgan fingerprint density at radius 2 is 1.46 bits per heavy atom. The number of allylic oxidation sites excluding steroid dienone is 1. The SMILES string of the molecule is C.C.C=CC.CC1[CH-]O1.CCC.[W]. The molecule has 0 amide bonds. The van der Waals surface area contributed by atoms with E-state index in [-0.39, 0.29) is 35.9 Å². The Hall–Kier alpha value is 0.388. The van der Waals surface area contributed by atoms with Gasteiger partial charge in [-0.3, -0.25) is 0 Å². The van der Waals surface area contributed by atoms with Crippen LogP contribution in [0.15, 0.2) is 12.7 Å². The Labute approximate surface area is 100 Å². The molecule has 0 bridgehead atoms. The standard InChI is InChI=1S/C3H5O.C3H8.C3H6.2CH4.W/c1-3-2-4-3;2*1-3-2;;;/h2-3H,1H3;3H2,1-2H3;3H,1H2,2H3;2*1H4;/q-1;;;;;. The molecule has 0 aromatic heterocycles. The quantitative estimate of drug-likeness (QED) is 0.354. The molecule has 0 aromatic carbocycles. The van der Waals surface area contributed by atoms with E-state index in [0.717, 1.165) is 0 Å². The third-order valence-electron chi connectivity index (χ3n) is 0.408. The molecular formula is C11H27OW-. The Kier molecular flexibility index (Phi) is 66.1. The fourth-order valence-corrected chi connectivity index (χ4v) is 0.0786. The van der Waals surface area contributed by atoms with Gasteiger partial charge in [-0.1, -0.05) is 54.2 Å². The summed E-state index contributed by atoms with van der Waals surface area (Å²) in [4.78, 5) is 0. The summed E-state index contributed by atoms with van der Waals surface area (Å²) in [5.41, 5.74) is 0. The Morgan fingerprint density at radius 1 is 1.38 bits per heavy atom. The van der Waals surface area contributed by atoms with Gasteiger partial charge in [-0.25, -0.2) is 0 Å². The molecule has 1 heterocycles. The summed E-state index contributed by atoms with van der Waals surface area (Å²) in [5.74, 6) is 0. The Balaban J connectivity index is -0.0000000225. The van der Waals surface area contributed by atoms with Crippen molar-refractivity contribution in [3.63, 3.8) is 0 Å². The first-order valence-corrected chi connectivity index (χ1v) is 3.78. The van der Waals surface area contributed by atoms with Crippen LogP contribution in [0.1, 0.15) is 49.0 Å². The summed E-state index contributed by atoms with van der Waals surface area (Å²) >= 11 is 0. The smallest absolute Gasteiger partial charge is 0 e. The minimum Gasteiger partial charge on any atom is -0.570 e. The molecule has 1 nitrogen and oxygen atoms in total. The second-order valence-electron chi connectivity index (χ2n) is 2.09. The van der Waals surface area contributed by atoms with Gasteiger partial charge in [-0.15, -0.1) is 6.58 Å². The average molecular weight is 359 g/mol. The largest absolute Gasteiger partial charge is 0.570 e. The maximum absolute atomic E-state index is 4.58. The molecular weight excluding hydrogens is 332 g/mol. The van der Waals surface area contributed by atoms with E-state index in [4.69, 9.17) is 0 Å². The zero-order valence-electron chi connectivity index (χ0n) is 7.96. The van der Waals surface area contributed by atoms with Gasteiger partial charge in [-0.05, 0) is 6.92 Å². The van der Waals surface area contributed by atoms with Gasteiger partial charge >= 0.3 is 0 Å². The molecule has 1 unspecified atom stereocenters. The molecule has 2 heteroatoms. The zero-order valence-corrected chi connectivity index (χ0v) is 10.9. The number of hydrogen-bond donors (Lipinski definition) is 0. The first-order chi connectivity index (χ1) is 4.72. The van der Waals surface area contributed by atoms with Gasteiger partial charge in [-0.2, -0.15) is 6.61 Å². The van der Waals surface area contributed by atoms with E-state index in [0.29, 0.717) is 6.10 Å². The van der Waals surface area contributed by atoms with Crippen molar-refractivity contribution in [2.45, 2.75) is 55.1 Å². The van der Waals surface area contributed by atoms with E-state index < -0.39 is 0 Å². The number of hydrogen-bond acceptors (Lipinski definition) is 1. The second kappa shape index (κ2) is 29.4. The maximum atomic E-state index is 4.58. The predicted octanol–water partition coefficient (Wildman–Crippen LogP) is 4.45. The van der Waals surface area contributed by atoms with Crippen molar-refractivity contribution in [3.05, 3.63) is 19.3 Å². The molecule has 0 saturated carbocycles. The van der Waals surface area contributed by atoms with Crippen LogP contribution in [-0.4, -0.2) is 6.10 Å². The molecule has 1 saturated heterocycles. The minimum absolute atomic E-state index is 0. The van der Waals surface area contributed by atoms with E-state index >= 15 is 0 Å². The molecule has 0 radical (unpaired) electrons. The predicted molar refractivity (Wildman–Crippen MR) is 60.1 cm³/mol. The summed E-state index contributed by atoms with van der Waals surface area (Å²) in [6, 6.07) is 0. The fourth-order valence-electron chi connectivity index (χ4n) is 0.0786. The van der Waals surface area contributed by atoms with Crippen molar-refractivity contribution < 1.29 is 25.8 Å². The van der Waals surface area contributed by atoms with Gasteiger partial charge in [0.05, 0.1) is 0 Å². The van der Waals surface area contributed by atoms with Crippen LogP contribution in [0.2, 0.25) is 0 Å². The van der Waals surface area contributed by atoms with Crippen molar-refractivity contribution in [2.75, 3.05) is 0 Å². The third-order valence-corrected chi connectivity index (χ3v) is 0.408. The van der Waals surface area contributed by atoms with E-state index in [1.165, 1.54) is 6.42 Å². The van der Waals surface area contributed by atoms with Crippen LogP contribution in [0.25, 0.3) is 0 Å². The summed E-state index contributed by atoms with van der Waals surface area (Å²) in [5, 5.41) is 0. The monoisotopic (exact) mass is 359 g/mol. The van der Waals surface area contributed by atoms with E-state index in [1.54, 1.807) is 12.7 Å². The van der Waals surface area contributed by atoms with Gasteiger partial charge in [0.15, 0.2) is 0 Å². The van der Waals surface area contributed by atoms with E-state index in [2.05, 4.69) is 25.2 Å². The summed E-state index contributed by atoms with van der Waals surface area (Å²) < 4.78 is 4.58. The first kappa shape index (κ1) is 29.2.